The van der Waals surface area contributed by atoms with E-state index in [1.54, 1.807) is 0 Å². The van der Waals surface area contributed by atoms with Crippen molar-refractivity contribution in [1.29, 1.82) is 0 Å². The number of hydrogen-bond acceptors (Lipinski definition) is 5. The van der Waals surface area contributed by atoms with Crippen LogP contribution in [0.2, 0.25) is 0 Å². The minimum atomic E-state index is -0.427. The van der Waals surface area contributed by atoms with Crippen LogP contribution in [-0.2, 0) is 16.0 Å². The summed E-state index contributed by atoms with van der Waals surface area (Å²) in [5, 5.41) is 0.888. The van der Waals surface area contributed by atoms with Crippen LogP contribution in [0, 0.1) is 27.7 Å². The zero-order valence-electron chi connectivity index (χ0n) is 17.5. The van der Waals surface area contributed by atoms with Crippen molar-refractivity contribution in [2.24, 2.45) is 0 Å². The van der Waals surface area contributed by atoms with Crippen molar-refractivity contribution in [3.05, 3.63) is 69.0 Å². The number of nitrogens with one attached hydrogen (secondary N) is 2. The number of thiazole rings is 1. The molecule has 0 atom stereocenters. The van der Waals surface area contributed by atoms with Crippen LogP contribution in [0.25, 0.3) is 11.3 Å². The average molecular weight is 424 g/mol. The lowest BCUT2D eigenvalue weighted by atomic mass is 10.1. The molecule has 7 heteroatoms. The largest absolute Gasteiger partial charge is 0.483 e. The predicted octanol–water partition coefficient (Wildman–Crippen LogP) is 3.81. The lowest BCUT2D eigenvalue weighted by molar-refractivity contribution is -0.129. The third-order valence-corrected chi connectivity index (χ3v) is 5.46. The number of hydrogen-bond donors (Lipinski definition) is 2. The first-order valence-corrected chi connectivity index (χ1v) is 10.4. The third kappa shape index (κ3) is 5.67. The molecule has 0 spiro atoms. The molecule has 0 aliphatic rings. The molecule has 6 nitrogen and oxygen atoms in total. The summed E-state index contributed by atoms with van der Waals surface area (Å²) in [7, 11) is 0. The van der Waals surface area contributed by atoms with Crippen molar-refractivity contribution in [3.63, 3.8) is 0 Å². The molecule has 2 N–H and O–H groups in total. The summed E-state index contributed by atoms with van der Waals surface area (Å²) < 4.78 is 5.55. The number of hydrazine groups is 1. The summed E-state index contributed by atoms with van der Waals surface area (Å²) in [6.07, 6.45) is 0.132. The van der Waals surface area contributed by atoms with E-state index in [1.165, 1.54) is 11.3 Å². The Labute approximate surface area is 180 Å². The molecular weight excluding hydrogens is 398 g/mol. The molecule has 0 saturated carbocycles. The maximum atomic E-state index is 12.3. The smallest absolute Gasteiger partial charge is 0.276 e. The van der Waals surface area contributed by atoms with Gasteiger partial charge in [0.1, 0.15) is 5.75 Å². The summed E-state index contributed by atoms with van der Waals surface area (Å²) in [5.74, 6) is -0.0880. The maximum absolute atomic E-state index is 12.3. The van der Waals surface area contributed by atoms with Gasteiger partial charge in [0.2, 0.25) is 5.91 Å². The maximum Gasteiger partial charge on any atom is 0.276 e. The van der Waals surface area contributed by atoms with Crippen molar-refractivity contribution in [2.45, 2.75) is 34.1 Å². The van der Waals surface area contributed by atoms with Gasteiger partial charge in [-0.05, 0) is 44.9 Å². The summed E-state index contributed by atoms with van der Waals surface area (Å²) in [6, 6.07) is 13.8. The molecule has 2 amide bonds. The van der Waals surface area contributed by atoms with Gasteiger partial charge in [0, 0.05) is 10.4 Å². The standard InChI is InChI=1S/C23H25N3O3S/c1-14-6-9-18(10-7-14)23-20(30-17(4)24-23)12-21(27)25-26-22(28)13-29-19-11-15(2)5-8-16(19)3/h5-11H,12-13H2,1-4H3,(H,25,27)(H,26,28). The summed E-state index contributed by atoms with van der Waals surface area (Å²) >= 11 is 1.48. The van der Waals surface area contributed by atoms with Crippen molar-refractivity contribution >= 4 is 23.2 Å². The molecule has 0 unspecified atom stereocenters. The molecule has 0 radical (unpaired) electrons. The second-order valence-electron chi connectivity index (χ2n) is 7.20. The van der Waals surface area contributed by atoms with Gasteiger partial charge < -0.3 is 4.74 Å². The van der Waals surface area contributed by atoms with Crippen molar-refractivity contribution < 1.29 is 14.3 Å². The van der Waals surface area contributed by atoms with Gasteiger partial charge in [-0.15, -0.1) is 11.3 Å². The van der Waals surface area contributed by atoms with Gasteiger partial charge in [0.25, 0.3) is 5.91 Å². The fraction of sp³-hybridized carbons (Fsp3) is 0.261. The van der Waals surface area contributed by atoms with E-state index in [0.717, 1.165) is 37.8 Å². The molecule has 0 aliphatic heterocycles. The van der Waals surface area contributed by atoms with Crippen molar-refractivity contribution in [2.75, 3.05) is 6.61 Å². The SMILES string of the molecule is Cc1ccc(-c2nc(C)sc2CC(=O)NNC(=O)COc2cc(C)ccc2C)cc1. The first kappa shape index (κ1) is 21.5. The number of benzene rings is 2. The van der Waals surface area contributed by atoms with E-state index in [1.807, 2.05) is 70.2 Å². The molecule has 30 heavy (non-hydrogen) atoms. The van der Waals surface area contributed by atoms with Gasteiger partial charge in [-0.25, -0.2) is 4.98 Å². The molecule has 1 heterocycles. The Morgan fingerprint density at radius 1 is 0.933 bits per heavy atom. The topological polar surface area (TPSA) is 80.3 Å². The van der Waals surface area contributed by atoms with Gasteiger partial charge >= 0.3 is 0 Å². The molecule has 156 valence electrons. The molecule has 0 aliphatic carbocycles. The molecule has 0 bridgehead atoms. The fourth-order valence-electron chi connectivity index (χ4n) is 2.90. The van der Waals surface area contributed by atoms with Crippen LogP contribution in [0.5, 0.6) is 5.75 Å². The van der Waals surface area contributed by atoms with Gasteiger partial charge in [0.05, 0.1) is 17.1 Å². The highest BCUT2D eigenvalue weighted by Gasteiger charge is 2.15. The van der Waals surface area contributed by atoms with Crippen LogP contribution in [0.1, 0.15) is 26.6 Å². The van der Waals surface area contributed by atoms with E-state index < -0.39 is 5.91 Å². The summed E-state index contributed by atoms with van der Waals surface area (Å²) in [6.45, 7) is 7.63. The molecule has 3 rings (SSSR count). The molecule has 0 fully saturated rings. The van der Waals surface area contributed by atoms with Gasteiger partial charge in [-0.3, -0.25) is 20.4 Å². The average Bonchev–Trinajstić information content (AvgIpc) is 3.07. The number of aryl methyl sites for hydroxylation is 4. The first-order valence-electron chi connectivity index (χ1n) is 9.63. The van der Waals surface area contributed by atoms with Gasteiger partial charge in [-0.2, -0.15) is 0 Å². The highest BCUT2D eigenvalue weighted by Crippen LogP contribution is 2.28. The number of nitrogens with zero attached hydrogens (tertiary/aromatic N) is 1. The Kier molecular flexibility index (Phi) is 6.84. The highest BCUT2D eigenvalue weighted by molar-refractivity contribution is 7.12. The highest BCUT2D eigenvalue weighted by atomic mass is 32.1. The number of ether oxygens (including phenoxy) is 1. The number of rotatable bonds is 6. The second-order valence-corrected chi connectivity index (χ2v) is 8.49. The Hall–Kier alpha value is -3.19. The summed E-state index contributed by atoms with van der Waals surface area (Å²) in [4.78, 5) is 29.8. The Morgan fingerprint density at radius 3 is 2.33 bits per heavy atom. The number of carbonyl (C=O) groups excluding carboxylic acids is 2. The fourth-order valence-corrected chi connectivity index (χ4v) is 3.85. The van der Waals surface area contributed by atoms with Gasteiger partial charge in [-0.1, -0.05) is 42.0 Å². The monoisotopic (exact) mass is 423 g/mol. The minimum Gasteiger partial charge on any atom is -0.483 e. The van der Waals surface area contributed by atoms with Crippen molar-refractivity contribution in [3.8, 4) is 17.0 Å². The van der Waals surface area contributed by atoms with Gasteiger partial charge in [0.15, 0.2) is 6.61 Å². The Bertz CT molecular complexity index is 1060. The van der Waals surface area contributed by atoms with Crippen LogP contribution in [0.3, 0.4) is 0 Å². The van der Waals surface area contributed by atoms with Crippen molar-refractivity contribution in [1.82, 2.24) is 15.8 Å². The zero-order valence-corrected chi connectivity index (χ0v) is 18.4. The Morgan fingerprint density at radius 2 is 1.60 bits per heavy atom. The zero-order chi connectivity index (χ0) is 21.7. The van der Waals surface area contributed by atoms with Crippen LogP contribution >= 0.6 is 11.3 Å². The summed E-state index contributed by atoms with van der Waals surface area (Å²) in [5.41, 5.74) is 9.78. The molecular formula is C23H25N3O3S. The van der Waals surface area contributed by atoms with E-state index in [-0.39, 0.29) is 18.9 Å². The predicted molar refractivity (Wildman–Crippen MR) is 118 cm³/mol. The number of aromatic nitrogens is 1. The number of amides is 2. The van der Waals surface area contributed by atoms with Crippen LogP contribution < -0.4 is 15.6 Å². The van der Waals surface area contributed by atoms with Crippen LogP contribution in [0.4, 0.5) is 0 Å². The quantitative estimate of drug-likeness (QED) is 0.591. The van der Waals surface area contributed by atoms with Crippen LogP contribution in [-0.4, -0.2) is 23.4 Å². The van der Waals surface area contributed by atoms with E-state index in [0.29, 0.717) is 5.75 Å². The second kappa shape index (κ2) is 9.54. The molecule has 0 saturated heterocycles. The van der Waals surface area contributed by atoms with E-state index in [4.69, 9.17) is 4.74 Å². The van der Waals surface area contributed by atoms with E-state index in [9.17, 15) is 9.59 Å². The lowest BCUT2D eigenvalue weighted by Crippen LogP contribution is -2.44. The third-order valence-electron chi connectivity index (χ3n) is 4.49. The van der Waals surface area contributed by atoms with E-state index in [2.05, 4.69) is 15.8 Å². The van der Waals surface area contributed by atoms with Crippen LogP contribution in [0.15, 0.2) is 42.5 Å². The van der Waals surface area contributed by atoms with E-state index >= 15 is 0 Å². The minimum absolute atomic E-state index is 0.132. The Balaban J connectivity index is 1.54. The number of carbonyl (C=O) groups is 2. The molecule has 2 aromatic carbocycles. The normalized spacial score (nSPS) is 10.5. The lowest BCUT2D eigenvalue weighted by Gasteiger charge is -2.11. The molecule has 1 aromatic heterocycles. The first-order chi connectivity index (χ1) is 14.3. The molecule has 3 aromatic rings.